The highest BCUT2D eigenvalue weighted by Gasteiger charge is 2.25. The lowest BCUT2D eigenvalue weighted by molar-refractivity contribution is 0.0999. The zero-order valence-corrected chi connectivity index (χ0v) is 18.0. The van der Waals surface area contributed by atoms with Gasteiger partial charge in [0.15, 0.2) is 10.9 Å². The molecule has 0 amide bonds. The Kier molecular flexibility index (Phi) is 5.44. The fourth-order valence-corrected chi connectivity index (χ4v) is 4.42. The molecule has 3 aromatic rings. The van der Waals surface area contributed by atoms with Crippen LogP contribution in [-0.4, -0.2) is 21.1 Å². The second-order valence-corrected chi connectivity index (χ2v) is 9.57. The fraction of sp³-hybridized carbons (Fsp3) is 0.455. The van der Waals surface area contributed by atoms with Crippen molar-refractivity contribution in [1.29, 1.82) is 0 Å². The van der Waals surface area contributed by atoms with Crippen LogP contribution < -0.4 is 10.5 Å². The van der Waals surface area contributed by atoms with E-state index in [0.29, 0.717) is 28.3 Å². The molecular formula is C22H28N4O2S. The molecule has 0 unspecified atom stereocenters. The summed E-state index contributed by atoms with van der Waals surface area (Å²) in [4.78, 5) is 13.2. The Morgan fingerprint density at radius 3 is 2.69 bits per heavy atom. The maximum absolute atomic E-state index is 13.2. The van der Waals surface area contributed by atoms with E-state index in [9.17, 15) is 4.79 Å². The second kappa shape index (κ2) is 7.88. The number of carbonyl (C=O) groups is 1. The molecule has 2 heterocycles. The summed E-state index contributed by atoms with van der Waals surface area (Å²) in [6, 6.07) is 9.48. The highest BCUT2D eigenvalue weighted by molar-refractivity contribution is 7.97. The second-order valence-electron chi connectivity index (χ2n) is 8.76. The minimum absolute atomic E-state index is 0.0590. The average molecular weight is 413 g/mol. The third kappa shape index (κ3) is 4.36. The minimum Gasteiger partial charge on any atom is -0.445 e. The van der Waals surface area contributed by atoms with Crippen molar-refractivity contribution < 1.29 is 9.21 Å². The lowest BCUT2D eigenvalue weighted by Crippen LogP contribution is -2.29. The number of aromatic nitrogens is 2. The molecule has 4 rings (SSSR count). The summed E-state index contributed by atoms with van der Waals surface area (Å²) >= 11 is 1.38. The minimum atomic E-state index is -0.197. The number of nitrogens with zero attached hydrogens (tertiary/aromatic N) is 2. The van der Waals surface area contributed by atoms with E-state index in [4.69, 9.17) is 15.2 Å². The first-order valence-corrected chi connectivity index (χ1v) is 11.0. The van der Waals surface area contributed by atoms with E-state index in [0.717, 1.165) is 23.7 Å². The molecule has 1 saturated carbocycles. The van der Waals surface area contributed by atoms with E-state index in [1.54, 1.807) is 6.07 Å². The van der Waals surface area contributed by atoms with Gasteiger partial charge in [0.2, 0.25) is 5.78 Å². The molecule has 1 aliphatic rings. The Hall–Kier alpha value is -2.25. The number of nitrogens with one attached hydrogen (secondary N) is 1. The van der Waals surface area contributed by atoms with Crippen molar-refractivity contribution in [3.8, 4) is 0 Å². The number of fused-ring (bicyclic) bond motifs is 1. The van der Waals surface area contributed by atoms with Gasteiger partial charge in [0.25, 0.3) is 0 Å². The van der Waals surface area contributed by atoms with Gasteiger partial charge in [-0.2, -0.15) is 5.10 Å². The van der Waals surface area contributed by atoms with Crippen LogP contribution in [0.4, 0.5) is 5.69 Å². The van der Waals surface area contributed by atoms with Crippen LogP contribution in [-0.2, 0) is 0 Å². The fourth-order valence-electron chi connectivity index (χ4n) is 3.74. The SMILES string of the molecule is CC(C)(C)NSc1ccc(C(=O)c2nn(C3CCCCC3)c3cc(N)ccc23)o1. The smallest absolute Gasteiger partial charge is 0.249 e. The molecule has 3 N–H and O–H groups in total. The number of ketones is 1. The Morgan fingerprint density at radius 1 is 1.21 bits per heavy atom. The van der Waals surface area contributed by atoms with Crippen LogP contribution in [0.3, 0.4) is 0 Å². The van der Waals surface area contributed by atoms with Gasteiger partial charge in [-0.25, -0.2) is 0 Å². The van der Waals surface area contributed by atoms with Crippen molar-refractivity contribution in [1.82, 2.24) is 14.5 Å². The molecule has 29 heavy (non-hydrogen) atoms. The van der Waals surface area contributed by atoms with Gasteiger partial charge in [-0.15, -0.1) is 0 Å². The lowest BCUT2D eigenvalue weighted by atomic mass is 9.95. The summed E-state index contributed by atoms with van der Waals surface area (Å²) in [6.07, 6.45) is 5.81. The molecule has 1 aliphatic carbocycles. The van der Waals surface area contributed by atoms with Crippen molar-refractivity contribution in [2.45, 2.75) is 69.5 Å². The third-order valence-corrected chi connectivity index (χ3v) is 6.27. The van der Waals surface area contributed by atoms with Crippen LogP contribution in [0.15, 0.2) is 39.8 Å². The maximum Gasteiger partial charge on any atom is 0.249 e. The quantitative estimate of drug-likeness (QED) is 0.334. The Labute approximate surface area is 175 Å². The molecule has 1 aromatic carbocycles. The molecule has 154 valence electrons. The molecule has 0 bridgehead atoms. The Morgan fingerprint density at radius 2 is 1.97 bits per heavy atom. The van der Waals surface area contributed by atoms with Crippen LogP contribution >= 0.6 is 11.9 Å². The molecular weight excluding hydrogens is 384 g/mol. The van der Waals surface area contributed by atoms with Crippen LogP contribution in [0.1, 0.15) is 75.2 Å². The van der Waals surface area contributed by atoms with E-state index in [1.165, 1.54) is 31.2 Å². The molecule has 1 fully saturated rings. The van der Waals surface area contributed by atoms with Crippen LogP contribution in [0, 0.1) is 0 Å². The van der Waals surface area contributed by atoms with Gasteiger partial charge >= 0.3 is 0 Å². The van der Waals surface area contributed by atoms with E-state index in [1.807, 2.05) is 28.9 Å². The number of anilines is 1. The lowest BCUT2D eigenvalue weighted by Gasteiger charge is -2.22. The van der Waals surface area contributed by atoms with Gasteiger partial charge in [-0.1, -0.05) is 19.3 Å². The Balaban J connectivity index is 1.67. The van der Waals surface area contributed by atoms with Gasteiger partial charge in [-0.3, -0.25) is 14.2 Å². The van der Waals surface area contributed by atoms with Gasteiger partial charge in [0, 0.05) is 16.6 Å². The van der Waals surface area contributed by atoms with E-state index in [-0.39, 0.29) is 11.3 Å². The third-order valence-electron chi connectivity index (χ3n) is 5.13. The van der Waals surface area contributed by atoms with Crippen molar-refractivity contribution in [2.75, 3.05) is 5.73 Å². The average Bonchev–Trinajstić information content (AvgIpc) is 3.31. The maximum atomic E-state index is 13.2. The summed E-state index contributed by atoms with van der Waals surface area (Å²) in [6.45, 7) is 6.22. The van der Waals surface area contributed by atoms with E-state index in [2.05, 4.69) is 25.5 Å². The molecule has 6 nitrogen and oxygen atoms in total. The number of nitrogen functional groups attached to an aromatic ring is 1. The highest BCUT2D eigenvalue weighted by Crippen LogP contribution is 2.33. The van der Waals surface area contributed by atoms with Gasteiger partial charge in [0.1, 0.15) is 5.69 Å². The monoisotopic (exact) mass is 412 g/mol. The summed E-state index contributed by atoms with van der Waals surface area (Å²) in [5.41, 5.74) is 8.01. The first-order chi connectivity index (χ1) is 13.8. The zero-order valence-electron chi connectivity index (χ0n) is 17.2. The number of hydrogen-bond donors (Lipinski definition) is 2. The highest BCUT2D eigenvalue weighted by atomic mass is 32.2. The van der Waals surface area contributed by atoms with Crippen molar-refractivity contribution in [3.63, 3.8) is 0 Å². The van der Waals surface area contributed by atoms with Crippen molar-refractivity contribution in [2.24, 2.45) is 0 Å². The standard InChI is InChI=1S/C22H28N4O2S/c1-22(2,3)25-29-19-12-11-18(28-19)21(27)20-16-10-9-14(23)13-17(16)26(24-20)15-7-5-4-6-8-15/h9-13,15,25H,4-8,23H2,1-3H3. The summed E-state index contributed by atoms with van der Waals surface area (Å²) < 4.78 is 11.1. The number of furan rings is 1. The molecule has 2 aromatic heterocycles. The first kappa shape index (κ1) is 20.0. The summed E-state index contributed by atoms with van der Waals surface area (Å²) in [7, 11) is 0. The normalized spacial score (nSPS) is 15.8. The number of carbonyl (C=O) groups excluding carboxylic acids is 1. The molecule has 7 heteroatoms. The molecule has 0 aliphatic heterocycles. The summed E-state index contributed by atoms with van der Waals surface area (Å²) in [5, 5.41) is 6.24. The molecule has 0 radical (unpaired) electrons. The van der Waals surface area contributed by atoms with Crippen molar-refractivity contribution >= 4 is 34.3 Å². The first-order valence-electron chi connectivity index (χ1n) is 10.2. The van der Waals surface area contributed by atoms with Crippen molar-refractivity contribution in [3.05, 3.63) is 41.8 Å². The van der Waals surface area contributed by atoms with E-state index >= 15 is 0 Å². The molecule has 0 atom stereocenters. The topological polar surface area (TPSA) is 86.1 Å². The van der Waals surface area contributed by atoms with Crippen LogP contribution in [0.25, 0.3) is 10.9 Å². The number of benzene rings is 1. The predicted octanol–water partition coefficient (Wildman–Crippen LogP) is 5.34. The van der Waals surface area contributed by atoms with E-state index < -0.39 is 0 Å². The largest absolute Gasteiger partial charge is 0.445 e. The predicted molar refractivity (Wildman–Crippen MR) is 117 cm³/mol. The van der Waals surface area contributed by atoms with Gasteiger partial charge in [0.05, 0.1) is 11.6 Å². The van der Waals surface area contributed by atoms with Crippen LogP contribution in [0.5, 0.6) is 0 Å². The molecule has 0 spiro atoms. The van der Waals surface area contributed by atoms with Gasteiger partial charge < -0.3 is 10.2 Å². The van der Waals surface area contributed by atoms with Crippen LogP contribution in [0.2, 0.25) is 0 Å². The molecule has 0 saturated heterocycles. The van der Waals surface area contributed by atoms with Gasteiger partial charge in [-0.05, 0) is 75.9 Å². The number of rotatable bonds is 5. The number of hydrogen-bond acceptors (Lipinski definition) is 6. The Bertz CT molecular complexity index is 1030. The summed E-state index contributed by atoms with van der Waals surface area (Å²) in [5.74, 6) is 0.104. The zero-order chi connectivity index (χ0) is 20.6. The number of nitrogens with two attached hydrogens (primary N) is 1.